The maximum atomic E-state index is 12.7. The Balaban J connectivity index is 1.63. The summed E-state index contributed by atoms with van der Waals surface area (Å²) in [4.78, 5) is 38.8. The molecule has 1 aliphatic heterocycles. The molecule has 1 aliphatic rings. The molecule has 1 atom stereocenters. The van der Waals surface area contributed by atoms with Crippen LogP contribution in [0.15, 0.2) is 48.5 Å². The van der Waals surface area contributed by atoms with E-state index in [1.165, 1.54) is 18.2 Å². The van der Waals surface area contributed by atoms with E-state index in [2.05, 4.69) is 5.32 Å². The van der Waals surface area contributed by atoms with Gasteiger partial charge in [-0.05, 0) is 24.6 Å². The monoisotopic (exact) mass is 433 g/mol. The highest BCUT2D eigenvalue weighted by molar-refractivity contribution is 6.05. The predicted molar refractivity (Wildman–Crippen MR) is 108 cm³/mol. The quantitative estimate of drug-likeness (QED) is 0.734. The minimum absolute atomic E-state index is 0.0279. The Hall–Kier alpha value is -3.36. The van der Waals surface area contributed by atoms with Crippen molar-refractivity contribution in [3.63, 3.8) is 0 Å². The molecule has 2 aromatic carbocycles. The van der Waals surface area contributed by atoms with Gasteiger partial charge in [0.25, 0.3) is 5.91 Å². The molecular formula is C22H22F3N3O3. The van der Waals surface area contributed by atoms with Gasteiger partial charge >= 0.3 is 6.18 Å². The SMILES string of the molecule is Cc1ccc(CN2CC(C(=O)Nc3ccccc3C(=O)NCC(F)(F)F)CC2=O)cc1. The molecule has 1 heterocycles. The number of amides is 3. The molecule has 1 unspecified atom stereocenters. The van der Waals surface area contributed by atoms with Gasteiger partial charge in [-0.15, -0.1) is 0 Å². The summed E-state index contributed by atoms with van der Waals surface area (Å²) >= 11 is 0. The van der Waals surface area contributed by atoms with E-state index >= 15 is 0 Å². The van der Waals surface area contributed by atoms with Crippen molar-refractivity contribution in [2.75, 3.05) is 18.4 Å². The molecule has 0 aliphatic carbocycles. The van der Waals surface area contributed by atoms with Crippen molar-refractivity contribution in [2.24, 2.45) is 5.92 Å². The summed E-state index contributed by atoms with van der Waals surface area (Å²) in [7, 11) is 0. The number of carbonyl (C=O) groups excluding carboxylic acids is 3. The minimum atomic E-state index is -4.54. The number of benzene rings is 2. The average Bonchev–Trinajstić information content (AvgIpc) is 3.08. The molecular weight excluding hydrogens is 411 g/mol. The molecule has 2 N–H and O–H groups in total. The van der Waals surface area contributed by atoms with Crippen molar-refractivity contribution in [2.45, 2.75) is 26.1 Å². The highest BCUT2D eigenvalue weighted by Gasteiger charge is 2.35. The molecule has 1 fully saturated rings. The number of hydrogen-bond acceptors (Lipinski definition) is 3. The number of anilines is 1. The fourth-order valence-electron chi connectivity index (χ4n) is 3.32. The number of alkyl halides is 3. The van der Waals surface area contributed by atoms with Gasteiger partial charge in [0.05, 0.1) is 17.2 Å². The molecule has 31 heavy (non-hydrogen) atoms. The Morgan fingerprint density at radius 1 is 1.10 bits per heavy atom. The first-order valence-corrected chi connectivity index (χ1v) is 9.70. The molecule has 2 aromatic rings. The summed E-state index contributed by atoms with van der Waals surface area (Å²) < 4.78 is 37.1. The summed E-state index contributed by atoms with van der Waals surface area (Å²) in [6.45, 7) is 1.10. The summed E-state index contributed by atoms with van der Waals surface area (Å²) in [6.07, 6.45) is -4.51. The van der Waals surface area contributed by atoms with Crippen molar-refractivity contribution >= 4 is 23.4 Å². The lowest BCUT2D eigenvalue weighted by Gasteiger charge is -2.17. The second-order valence-corrected chi connectivity index (χ2v) is 7.49. The normalized spacial score (nSPS) is 16.3. The summed E-state index contributed by atoms with van der Waals surface area (Å²) in [5, 5.41) is 4.37. The number of likely N-dealkylation sites (tertiary alicyclic amines) is 1. The Bertz CT molecular complexity index is 974. The van der Waals surface area contributed by atoms with Gasteiger partial charge in [-0.1, -0.05) is 42.0 Å². The number of aryl methyl sites for hydroxylation is 1. The van der Waals surface area contributed by atoms with Gasteiger partial charge in [-0.2, -0.15) is 13.2 Å². The zero-order valence-corrected chi connectivity index (χ0v) is 16.8. The Morgan fingerprint density at radius 2 is 1.77 bits per heavy atom. The molecule has 164 valence electrons. The van der Waals surface area contributed by atoms with E-state index in [1.807, 2.05) is 31.2 Å². The molecule has 1 saturated heterocycles. The smallest absolute Gasteiger partial charge is 0.343 e. The van der Waals surface area contributed by atoms with Crippen LogP contribution in [0.5, 0.6) is 0 Å². The van der Waals surface area contributed by atoms with Crippen molar-refractivity contribution in [3.8, 4) is 0 Å². The van der Waals surface area contributed by atoms with Crippen LogP contribution in [0, 0.1) is 12.8 Å². The predicted octanol–water partition coefficient (Wildman–Crippen LogP) is 3.27. The van der Waals surface area contributed by atoms with Gasteiger partial charge in [0.1, 0.15) is 6.54 Å². The van der Waals surface area contributed by atoms with E-state index in [4.69, 9.17) is 0 Å². The second kappa shape index (κ2) is 9.20. The molecule has 0 aromatic heterocycles. The highest BCUT2D eigenvalue weighted by Crippen LogP contribution is 2.23. The van der Waals surface area contributed by atoms with Crippen molar-refractivity contribution in [3.05, 3.63) is 65.2 Å². The number of nitrogens with one attached hydrogen (secondary N) is 2. The van der Waals surface area contributed by atoms with Gasteiger partial charge in [-0.3, -0.25) is 14.4 Å². The lowest BCUT2D eigenvalue weighted by molar-refractivity contribution is -0.128. The summed E-state index contributed by atoms with van der Waals surface area (Å²) in [5.41, 5.74) is 2.07. The van der Waals surface area contributed by atoms with E-state index in [0.29, 0.717) is 6.54 Å². The minimum Gasteiger partial charge on any atom is -0.343 e. The van der Waals surface area contributed by atoms with Gasteiger partial charge in [0, 0.05) is 19.5 Å². The standard InChI is InChI=1S/C22H22F3N3O3/c1-14-6-8-15(9-7-14)11-28-12-16(10-19(28)29)20(30)27-18-5-3-2-4-17(18)21(31)26-13-22(23,24)25/h2-9,16H,10-13H2,1H3,(H,26,31)(H,27,30). The first-order chi connectivity index (χ1) is 14.6. The van der Waals surface area contributed by atoms with Crippen molar-refractivity contribution in [1.29, 1.82) is 0 Å². The maximum absolute atomic E-state index is 12.7. The lowest BCUT2D eigenvalue weighted by Crippen LogP contribution is -2.34. The Kier molecular flexibility index (Phi) is 6.62. The van der Waals surface area contributed by atoms with Crippen LogP contribution in [0.4, 0.5) is 18.9 Å². The van der Waals surface area contributed by atoms with Crippen LogP contribution in [0.3, 0.4) is 0 Å². The van der Waals surface area contributed by atoms with Crippen LogP contribution < -0.4 is 10.6 Å². The van der Waals surface area contributed by atoms with Crippen LogP contribution in [0.25, 0.3) is 0 Å². The van der Waals surface area contributed by atoms with Crippen LogP contribution >= 0.6 is 0 Å². The van der Waals surface area contributed by atoms with Gasteiger partial charge in [-0.25, -0.2) is 0 Å². The highest BCUT2D eigenvalue weighted by atomic mass is 19.4. The van der Waals surface area contributed by atoms with Crippen LogP contribution in [-0.2, 0) is 16.1 Å². The third kappa shape index (κ3) is 6.07. The largest absolute Gasteiger partial charge is 0.405 e. The van der Waals surface area contributed by atoms with Gasteiger partial charge in [0.2, 0.25) is 11.8 Å². The number of nitrogens with zero attached hydrogens (tertiary/aromatic N) is 1. The Labute approximate surface area is 177 Å². The lowest BCUT2D eigenvalue weighted by atomic mass is 10.1. The zero-order valence-electron chi connectivity index (χ0n) is 16.8. The number of hydrogen-bond donors (Lipinski definition) is 2. The van der Waals surface area contributed by atoms with Crippen LogP contribution in [0.1, 0.15) is 27.9 Å². The average molecular weight is 433 g/mol. The molecule has 9 heteroatoms. The molecule has 3 amide bonds. The molecule has 3 rings (SSSR count). The van der Waals surface area contributed by atoms with E-state index < -0.39 is 30.5 Å². The van der Waals surface area contributed by atoms with Crippen molar-refractivity contribution in [1.82, 2.24) is 10.2 Å². The van der Waals surface area contributed by atoms with Gasteiger partial charge < -0.3 is 15.5 Å². The summed E-state index contributed by atoms with van der Waals surface area (Å²) in [5.74, 6) is -2.19. The van der Waals surface area contributed by atoms with E-state index in [9.17, 15) is 27.6 Å². The number of carbonyl (C=O) groups is 3. The number of para-hydroxylation sites is 1. The summed E-state index contributed by atoms with van der Waals surface area (Å²) in [6, 6.07) is 13.5. The fraction of sp³-hybridized carbons (Fsp3) is 0.318. The fourth-order valence-corrected chi connectivity index (χ4v) is 3.32. The molecule has 0 radical (unpaired) electrons. The first-order valence-electron chi connectivity index (χ1n) is 9.70. The van der Waals surface area contributed by atoms with E-state index in [-0.39, 0.29) is 30.1 Å². The zero-order chi connectivity index (χ0) is 22.6. The third-order valence-electron chi connectivity index (χ3n) is 4.96. The topological polar surface area (TPSA) is 78.5 Å². The van der Waals surface area contributed by atoms with E-state index in [0.717, 1.165) is 11.1 Å². The van der Waals surface area contributed by atoms with Crippen LogP contribution in [-0.4, -0.2) is 41.9 Å². The molecule has 6 nitrogen and oxygen atoms in total. The van der Waals surface area contributed by atoms with Gasteiger partial charge in [0.15, 0.2) is 0 Å². The number of rotatable bonds is 6. The molecule has 0 bridgehead atoms. The third-order valence-corrected chi connectivity index (χ3v) is 4.96. The first kappa shape index (κ1) is 22.3. The van der Waals surface area contributed by atoms with E-state index in [1.54, 1.807) is 16.3 Å². The number of halogens is 3. The van der Waals surface area contributed by atoms with Crippen LogP contribution in [0.2, 0.25) is 0 Å². The Morgan fingerprint density at radius 3 is 2.45 bits per heavy atom. The second-order valence-electron chi connectivity index (χ2n) is 7.49. The maximum Gasteiger partial charge on any atom is 0.405 e. The molecule has 0 saturated carbocycles. The van der Waals surface area contributed by atoms with Crippen molar-refractivity contribution < 1.29 is 27.6 Å². The molecule has 0 spiro atoms.